The number of hydrogen-bond acceptors (Lipinski definition) is 4. The van der Waals surface area contributed by atoms with Gasteiger partial charge in [0.25, 0.3) is 0 Å². The molecule has 1 aliphatic heterocycles. The van der Waals surface area contributed by atoms with Crippen molar-refractivity contribution in [2.24, 2.45) is 5.16 Å². The van der Waals surface area contributed by atoms with Gasteiger partial charge in [-0.05, 0) is 42.3 Å². The van der Waals surface area contributed by atoms with Crippen molar-refractivity contribution in [1.82, 2.24) is 9.55 Å². The van der Waals surface area contributed by atoms with Gasteiger partial charge in [-0.1, -0.05) is 23.4 Å². The molecule has 0 fully saturated rings. The van der Waals surface area contributed by atoms with Crippen molar-refractivity contribution in [3.05, 3.63) is 77.9 Å². The molecular weight excluding hydrogens is 371 g/mol. The maximum atomic E-state index is 12.9. The minimum atomic E-state index is -4.42. The van der Waals surface area contributed by atoms with E-state index in [4.69, 9.17) is 9.57 Å². The van der Waals surface area contributed by atoms with E-state index in [2.05, 4.69) is 10.1 Å². The molecule has 1 aliphatic rings. The minimum Gasteiger partial charge on any atom is -0.457 e. The Labute approximate surface area is 159 Å². The zero-order valence-electron chi connectivity index (χ0n) is 14.8. The fourth-order valence-electron chi connectivity index (χ4n) is 2.90. The van der Waals surface area contributed by atoms with E-state index in [1.165, 1.54) is 12.1 Å². The van der Waals surface area contributed by atoms with Crippen molar-refractivity contribution in [2.45, 2.75) is 25.6 Å². The second kappa shape index (κ2) is 7.03. The maximum absolute atomic E-state index is 12.9. The highest BCUT2D eigenvalue weighted by molar-refractivity contribution is 5.85. The lowest BCUT2D eigenvalue weighted by Gasteiger charge is -2.14. The molecule has 4 rings (SSSR count). The average Bonchev–Trinajstić information content (AvgIpc) is 3.34. The van der Waals surface area contributed by atoms with E-state index in [9.17, 15) is 13.2 Å². The number of nitrogens with zero attached hydrogens (tertiary/aromatic N) is 3. The lowest BCUT2D eigenvalue weighted by atomic mass is 10.0. The van der Waals surface area contributed by atoms with Crippen LogP contribution in [0.25, 0.3) is 0 Å². The van der Waals surface area contributed by atoms with Crippen molar-refractivity contribution >= 4 is 5.84 Å². The van der Waals surface area contributed by atoms with Gasteiger partial charge in [-0.3, -0.25) is 4.57 Å². The highest BCUT2D eigenvalue weighted by Crippen LogP contribution is 2.35. The highest BCUT2D eigenvalue weighted by atomic mass is 19.4. The molecule has 0 radical (unpaired) electrons. The molecule has 5 nitrogen and oxygen atoms in total. The van der Waals surface area contributed by atoms with Gasteiger partial charge in [0.15, 0.2) is 11.9 Å². The molecule has 0 bridgehead atoms. The SMILES string of the molecule is Cc1ccc([C@@H]2CC(n3ccnc3)=NO2)cc1Oc1cccc(C(F)(F)F)c1. The molecule has 0 saturated heterocycles. The minimum absolute atomic E-state index is 0.123. The number of imidazole rings is 1. The second-order valence-electron chi connectivity index (χ2n) is 6.43. The number of aryl methyl sites for hydroxylation is 1. The molecule has 0 aliphatic carbocycles. The van der Waals surface area contributed by atoms with Crippen molar-refractivity contribution in [2.75, 3.05) is 0 Å². The van der Waals surface area contributed by atoms with Gasteiger partial charge in [0.1, 0.15) is 17.8 Å². The summed E-state index contributed by atoms with van der Waals surface area (Å²) in [5, 5.41) is 4.08. The van der Waals surface area contributed by atoms with Crippen LogP contribution in [0.5, 0.6) is 11.5 Å². The van der Waals surface area contributed by atoms with Crippen LogP contribution in [0.4, 0.5) is 13.2 Å². The van der Waals surface area contributed by atoms with Crippen LogP contribution >= 0.6 is 0 Å². The summed E-state index contributed by atoms with van der Waals surface area (Å²) in [6.07, 6.45) is 0.895. The summed E-state index contributed by atoms with van der Waals surface area (Å²) in [7, 11) is 0. The van der Waals surface area contributed by atoms with E-state index in [-0.39, 0.29) is 11.9 Å². The van der Waals surface area contributed by atoms with Gasteiger partial charge in [0, 0.05) is 12.4 Å². The number of aromatic nitrogens is 2. The highest BCUT2D eigenvalue weighted by Gasteiger charge is 2.30. The molecule has 3 aromatic rings. The van der Waals surface area contributed by atoms with Gasteiger partial charge in [-0.2, -0.15) is 13.2 Å². The summed E-state index contributed by atoms with van der Waals surface area (Å²) in [5.74, 6) is 1.32. The second-order valence-corrected chi connectivity index (χ2v) is 6.43. The van der Waals surface area contributed by atoms with Crippen LogP contribution in [0.15, 0.2) is 66.3 Å². The van der Waals surface area contributed by atoms with E-state index in [1.807, 2.05) is 19.1 Å². The van der Waals surface area contributed by atoms with Crippen LogP contribution in [0.1, 0.15) is 29.2 Å². The van der Waals surface area contributed by atoms with Crippen LogP contribution in [-0.4, -0.2) is 15.4 Å². The van der Waals surface area contributed by atoms with Crippen LogP contribution in [-0.2, 0) is 11.0 Å². The van der Waals surface area contributed by atoms with Crippen molar-refractivity contribution in [1.29, 1.82) is 0 Å². The first-order valence-corrected chi connectivity index (χ1v) is 8.57. The monoisotopic (exact) mass is 387 g/mol. The molecule has 0 unspecified atom stereocenters. The molecule has 2 heterocycles. The number of benzene rings is 2. The van der Waals surface area contributed by atoms with E-state index in [0.29, 0.717) is 12.2 Å². The van der Waals surface area contributed by atoms with Crippen LogP contribution in [0.2, 0.25) is 0 Å². The topological polar surface area (TPSA) is 48.6 Å². The van der Waals surface area contributed by atoms with E-state index in [1.54, 1.807) is 29.4 Å². The Kier molecular flexibility index (Phi) is 4.54. The van der Waals surface area contributed by atoms with Crippen molar-refractivity contribution in [3.8, 4) is 11.5 Å². The van der Waals surface area contributed by atoms with Gasteiger partial charge in [-0.25, -0.2) is 4.98 Å². The summed E-state index contributed by atoms with van der Waals surface area (Å²) in [6.45, 7) is 1.83. The molecule has 28 heavy (non-hydrogen) atoms. The van der Waals surface area contributed by atoms with Crippen LogP contribution < -0.4 is 4.74 Å². The van der Waals surface area contributed by atoms with Crippen molar-refractivity contribution < 1.29 is 22.7 Å². The molecule has 2 aromatic carbocycles. The van der Waals surface area contributed by atoms with E-state index in [0.717, 1.165) is 29.1 Å². The Hall–Kier alpha value is -3.29. The van der Waals surface area contributed by atoms with E-state index >= 15 is 0 Å². The standard InChI is InChI=1S/C20H16F3N3O2/c1-13-5-6-14(18-11-19(25-28-18)26-8-7-24-12-26)9-17(13)27-16-4-2-3-15(10-16)20(21,22)23/h2-10,12,18H,11H2,1H3/t18-/m0/s1. The lowest BCUT2D eigenvalue weighted by Crippen LogP contribution is -2.08. The number of hydrogen-bond donors (Lipinski definition) is 0. The Morgan fingerprint density at radius 3 is 2.79 bits per heavy atom. The summed E-state index contributed by atoms with van der Waals surface area (Å²) < 4.78 is 46.3. The largest absolute Gasteiger partial charge is 0.457 e. The number of rotatable bonds is 3. The maximum Gasteiger partial charge on any atom is 0.416 e. The van der Waals surface area contributed by atoms with Gasteiger partial charge in [-0.15, -0.1) is 0 Å². The van der Waals surface area contributed by atoms with Gasteiger partial charge in [0.05, 0.1) is 12.0 Å². The van der Waals surface area contributed by atoms with Crippen LogP contribution in [0, 0.1) is 6.92 Å². The molecule has 0 saturated carbocycles. The molecule has 0 amide bonds. The zero-order valence-corrected chi connectivity index (χ0v) is 14.8. The predicted octanol–water partition coefficient (Wildman–Crippen LogP) is 5.33. The Morgan fingerprint density at radius 1 is 1.18 bits per heavy atom. The third-order valence-electron chi connectivity index (χ3n) is 4.43. The number of oxime groups is 1. The van der Waals surface area contributed by atoms with Gasteiger partial charge >= 0.3 is 6.18 Å². The fourth-order valence-corrected chi connectivity index (χ4v) is 2.90. The van der Waals surface area contributed by atoms with Gasteiger partial charge < -0.3 is 9.57 Å². The normalized spacial score (nSPS) is 16.6. The number of alkyl halides is 3. The Morgan fingerprint density at radius 2 is 2.04 bits per heavy atom. The molecular formula is C20H16F3N3O2. The molecule has 0 N–H and O–H groups in total. The number of halogens is 3. The first-order valence-electron chi connectivity index (χ1n) is 8.57. The lowest BCUT2D eigenvalue weighted by molar-refractivity contribution is -0.137. The molecule has 8 heteroatoms. The fraction of sp³-hybridized carbons (Fsp3) is 0.200. The summed E-state index contributed by atoms with van der Waals surface area (Å²) in [4.78, 5) is 9.51. The summed E-state index contributed by atoms with van der Waals surface area (Å²) in [6, 6.07) is 10.3. The molecule has 144 valence electrons. The third kappa shape index (κ3) is 3.71. The Bertz CT molecular complexity index is 1010. The first-order chi connectivity index (χ1) is 13.4. The van der Waals surface area contributed by atoms with Crippen LogP contribution in [0.3, 0.4) is 0 Å². The first kappa shape index (κ1) is 18.1. The van der Waals surface area contributed by atoms with Crippen molar-refractivity contribution in [3.63, 3.8) is 0 Å². The average molecular weight is 387 g/mol. The molecule has 1 aromatic heterocycles. The Balaban J connectivity index is 1.54. The number of ether oxygens (including phenoxy) is 1. The molecule has 0 spiro atoms. The predicted molar refractivity (Wildman–Crippen MR) is 96.2 cm³/mol. The molecule has 1 atom stereocenters. The third-order valence-corrected chi connectivity index (χ3v) is 4.43. The quantitative estimate of drug-likeness (QED) is 0.611. The smallest absolute Gasteiger partial charge is 0.416 e. The summed E-state index contributed by atoms with van der Waals surface area (Å²) in [5.41, 5.74) is 0.873. The summed E-state index contributed by atoms with van der Waals surface area (Å²) >= 11 is 0. The zero-order chi connectivity index (χ0) is 19.7. The van der Waals surface area contributed by atoms with E-state index < -0.39 is 11.7 Å². The van der Waals surface area contributed by atoms with Gasteiger partial charge in [0.2, 0.25) is 0 Å².